The van der Waals surface area contributed by atoms with Gasteiger partial charge in [-0.1, -0.05) is 18.2 Å². The Labute approximate surface area is 110 Å². The molecule has 2 heterocycles. The van der Waals surface area contributed by atoms with Gasteiger partial charge in [0, 0.05) is 17.3 Å². The Bertz CT molecular complexity index is 801. The number of H-pyrrole nitrogens is 1. The highest BCUT2D eigenvalue weighted by Crippen LogP contribution is 2.37. The standard InChI is InChI=1S/C16H13NO2/c18-14-6-3-9-19-16-11(14)7-8-13-15(16)10-4-1-2-5-12(10)17-13/h1-2,4-5,7-8,17H,3,6,9H2. The van der Waals surface area contributed by atoms with Crippen LogP contribution in [-0.4, -0.2) is 17.4 Å². The van der Waals surface area contributed by atoms with E-state index in [1.54, 1.807) is 0 Å². The van der Waals surface area contributed by atoms with Crippen molar-refractivity contribution in [1.29, 1.82) is 0 Å². The number of aromatic amines is 1. The van der Waals surface area contributed by atoms with Crippen molar-refractivity contribution in [1.82, 2.24) is 4.98 Å². The summed E-state index contributed by atoms with van der Waals surface area (Å²) in [6, 6.07) is 12.0. The summed E-state index contributed by atoms with van der Waals surface area (Å²) < 4.78 is 5.86. The first-order valence-corrected chi connectivity index (χ1v) is 6.54. The number of benzene rings is 2. The molecule has 0 unspecified atom stereocenters. The number of aromatic nitrogens is 1. The zero-order valence-corrected chi connectivity index (χ0v) is 10.4. The molecule has 1 N–H and O–H groups in total. The van der Waals surface area contributed by atoms with Crippen molar-refractivity contribution in [2.45, 2.75) is 12.8 Å². The molecule has 1 aliphatic rings. The normalized spacial score (nSPS) is 15.3. The van der Waals surface area contributed by atoms with E-state index in [-0.39, 0.29) is 5.78 Å². The van der Waals surface area contributed by atoms with Crippen LogP contribution in [0.1, 0.15) is 23.2 Å². The van der Waals surface area contributed by atoms with Gasteiger partial charge in [-0.15, -0.1) is 0 Å². The smallest absolute Gasteiger partial charge is 0.166 e. The second kappa shape index (κ2) is 3.85. The molecule has 0 fully saturated rings. The van der Waals surface area contributed by atoms with Crippen molar-refractivity contribution in [2.75, 3.05) is 6.61 Å². The zero-order chi connectivity index (χ0) is 12.8. The molecule has 0 saturated heterocycles. The van der Waals surface area contributed by atoms with Crippen molar-refractivity contribution in [3.05, 3.63) is 42.0 Å². The van der Waals surface area contributed by atoms with Crippen molar-refractivity contribution in [3.8, 4) is 5.75 Å². The molecule has 0 atom stereocenters. The first-order valence-electron chi connectivity index (χ1n) is 6.54. The second-order valence-corrected chi connectivity index (χ2v) is 4.91. The van der Waals surface area contributed by atoms with Gasteiger partial charge in [-0.25, -0.2) is 0 Å². The van der Waals surface area contributed by atoms with Crippen LogP contribution in [0.3, 0.4) is 0 Å². The Morgan fingerprint density at radius 2 is 1.95 bits per heavy atom. The van der Waals surface area contributed by atoms with Crippen LogP contribution in [0.2, 0.25) is 0 Å². The number of fused-ring (bicyclic) bond motifs is 5. The van der Waals surface area contributed by atoms with E-state index >= 15 is 0 Å². The molecule has 3 nitrogen and oxygen atoms in total. The number of para-hydroxylation sites is 1. The van der Waals surface area contributed by atoms with Gasteiger partial charge < -0.3 is 9.72 Å². The van der Waals surface area contributed by atoms with Crippen LogP contribution >= 0.6 is 0 Å². The SMILES string of the molecule is O=C1CCCOc2c1ccc1[nH]c3ccccc3c21. The minimum atomic E-state index is 0.180. The zero-order valence-electron chi connectivity index (χ0n) is 10.4. The van der Waals surface area contributed by atoms with Gasteiger partial charge in [-0.3, -0.25) is 4.79 Å². The minimum Gasteiger partial charge on any atom is -0.492 e. The molecule has 94 valence electrons. The van der Waals surface area contributed by atoms with Gasteiger partial charge in [-0.2, -0.15) is 0 Å². The fraction of sp³-hybridized carbons (Fsp3) is 0.188. The quantitative estimate of drug-likeness (QED) is 0.662. The lowest BCUT2D eigenvalue weighted by molar-refractivity contribution is 0.0983. The van der Waals surface area contributed by atoms with Gasteiger partial charge in [-0.05, 0) is 24.6 Å². The fourth-order valence-electron chi connectivity index (χ4n) is 2.82. The van der Waals surface area contributed by atoms with E-state index in [1.165, 1.54) is 0 Å². The Morgan fingerprint density at radius 3 is 2.89 bits per heavy atom. The van der Waals surface area contributed by atoms with Crippen molar-refractivity contribution in [3.63, 3.8) is 0 Å². The molecular formula is C16H13NO2. The third kappa shape index (κ3) is 1.48. The summed E-state index contributed by atoms with van der Waals surface area (Å²) in [5, 5.41) is 2.15. The van der Waals surface area contributed by atoms with E-state index in [0.717, 1.165) is 39.5 Å². The van der Waals surface area contributed by atoms with Gasteiger partial charge in [0.25, 0.3) is 0 Å². The van der Waals surface area contributed by atoms with Crippen molar-refractivity contribution in [2.24, 2.45) is 0 Å². The van der Waals surface area contributed by atoms with Crippen molar-refractivity contribution < 1.29 is 9.53 Å². The van der Waals surface area contributed by atoms with E-state index in [0.29, 0.717) is 13.0 Å². The van der Waals surface area contributed by atoms with Gasteiger partial charge >= 0.3 is 0 Å². The Morgan fingerprint density at radius 1 is 1.05 bits per heavy atom. The summed E-state index contributed by atoms with van der Waals surface area (Å²) >= 11 is 0. The van der Waals surface area contributed by atoms with Crippen LogP contribution in [0.4, 0.5) is 0 Å². The number of Topliss-reactive ketones (excluding diaryl/α,β-unsaturated/α-hetero) is 1. The third-order valence-corrected chi connectivity index (χ3v) is 3.72. The Hall–Kier alpha value is -2.29. The van der Waals surface area contributed by atoms with Crippen LogP contribution in [0.15, 0.2) is 36.4 Å². The first kappa shape index (κ1) is 10.6. The maximum atomic E-state index is 12.1. The van der Waals surface area contributed by atoms with E-state index in [4.69, 9.17) is 4.74 Å². The minimum absolute atomic E-state index is 0.180. The Balaban J connectivity index is 2.16. The number of hydrogen-bond donors (Lipinski definition) is 1. The predicted molar refractivity (Wildman–Crippen MR) is 74.9 cm³/mol. The molecule has 19 heavy (non-hydrogen) atoms. The summed E-state index contributed by atoms with van der Waals surface area (Å²) in [6.07, 6.45) is 1.36. The van der Waals surface area contributed by atoms with Crippen LogP contribution in [-0.2, 0) is 0 Å². The molecular weight excluding hydrogens is 238 g/mol. The fourth-order valence-corrected chi connectivity index (χ4v) is 2.82. The highest BCUT2D eigenvalue weighted by atomic mass is 16.5. The van der Waals surface area contributed by atoms with Crippen LogP contribution in [0, 0.1) is 0 Å². The van der Waals surface area contributed by atoms with Gasteiger partial charge in [0.1, 0.15) is 5.75 Å². The number of carbonyl (C=O) groups excluding carboxylic acids is 1. The number of ketones is 1. The molecule has 4 rings (SSSR count). The van der Waals surface area contributed by atoms with E-state index in [1.807, 2.05) is 30.3 Å². The van der Waals surface area contributed by atoms with Crippen LogP contribution < -0.4 is 4.74 Å². The molecule has 0 radical (unpaired) electrons. The van der Waals surface area contributed by atoms with Crippen LogP contribution in [0.5, 0.6) is 5.75 Å². The van der Waals surface area contributed by atoms with Crippen LogP contribution in [0.25, 0.3) is 21.8 Å². The van der Waals surface area contributed by atoms with Gasteiger partial charge in [0.2, 0.25) is 0 Å². The summed E-state index contributed by atoms with van der Waals surface area (Å²) in [4.78, 5) is 15.5. The molecule has 3 aromatic rings. The summed E-state index contributed by atoms with van der Waals surface area (Å²) in [5.41, 5.74) is 2.82. The second-order valence-electron chi connectivity index (χ2n) is 4.91. The third-order valence-electron chi connectivity index (χ3n) is 3.72. The van der Waals surface area contributed by atoms with Crippen molar-refractivity contribution >= 4 is 27.6 Å². The molecule has 1 aliphatic heterocycles. The highest BCUT2D eigenvalue weighted by molar-refractivity contribution is 6.14. The number of ether oxygens (including phenoxy) is 1. The predicted octanol–water partition coefficient (Wildman–Crippen LogP) is 3.68. The lowest BCUT2D eigenvalue weighted by Gasteiger charge is -2.07. The average molecular weight is 251 g/mol. The number of carbonyl (C=O) groups is 1. The average Bonchev–Trinajstić information content (AvgIpc) is 2.71. The monoisotopic (exact) mass is 251 g/mol. The van der Waals surface area contributed by atoms with E-state index in [9.17, 15) is 4.79 Å². The molecule has 0 bridgehead atoms. The summed E-state index contributed by atoms with van der Waals surface area (Å²) in [7, 11) is 0. The summed E-state index contributed by atoms with van der Waals surface area (Å²) in [5.74, 6) is 0.928. The molecule has 1 aromatic heterocycles. The van der Waals surface area contributed by atoms with E-state index in [2.05, 4.69) is 11.1 Å². The number of nitrogens with one attached hydrogen (secondary N) is 1. The first-order chi connectivity index (χ1) is 9.34. The highest BCUT2D eigenvalue weighted by Gasteiger charge is 2.21. The molecule has 0 saturated carbocycles. The Kier molecular flexibility index (Phi) is 2.15. The number of rotatable bonds is 0. The maximum Gasteiger partial charge on any atom is 0.166 e. The lowest BCUT2D eigenvalue weighted by atomic mass is 10.0. The molecule has 2 aromatic carbocycles. The maximum absolute atomic E-state index is 12.1. The lowest BCUT2D eigenvalue weighted by Crippen LogP contribution is -1.97. The van der Waals surface area contributed by atoms with Gasteiger partial charge in [0.05, 0.1) is 23.1 Å². The molecule has 0 amide bonds. The van der Waals surface area contributed by atoms with Gasteiger partial charge in [0.15, 0.2) is 5.78 Å². The topological polar surface area (TPSA) is 42.1 Å². The summed E-state index contributed by atoms with van der Waals surface area (Å²) in [6.45, 7) is 0.608. The van der Waals surface area contributed by atoms with E-state index < -0.39 is 0 Å². The molecule has 3 heteroatoms. The largest absolute Gasteiger partial charge is 0.492 e. The molecule has 0 aliphatic carbocycles. The molecule has 0 spiro atoms. The number of hydrogen-bond acceptors (Lipinski definition) is 2.